The highest BCUT2D eigenvalue weighted by Crippen LogP contribution is 2.25. The molecule has 0 aliphatic heterocycles. The molecule has 0 saturated heterocycles. The molecule has 7 nitrogen and oxygen atoms in total. The van der Waals surface area contributed by atoms with E-state index >= 15 is 0 Å². The zero-order valence-electron chi connectivity index (χ0n) is 9.95. The first kappa shape index (κ1) is 12.2. The highest BCUT2D eigenvalue weighted by atomic mass is 16.6. The summed E-state index contributed by atoms with van der Waals surface area (Å²) in [7, 11) is 0. The van der Waals surface area contributed by atoms with Crippen molar-refractivity contribution < 1.29 is 9.45 Å². The number of benzene rings is 1. The Kier molecular flexibility index (Phi) is 3.07. The van der Waals surface area contributed by atoms with E-state index < -0.39 is 4.92 Å². The Hall–Kier alpha value is -2.28. The summed E-state index contributed by atoms with van der Waals surface area (Å²) in [6.07, 6.45) is 0. The molecule has 1 heterocycles. The fourth-order valence-electron chi connectivity index (χ4n) is 1.53. The lowest BCUT2D eigenvalue weighted by atomic mass is 10.1. The van der Waals surface area contributed by atoms with Crippen molar-refractivity contribution in [1.82, 2.24) is 10.1 Å². The molecule has 1 aromatic carbocycles. The van der Waals surface area contributed by atoms with Crippen LogP contribution in [0.4, 0.5) is 5.69 Å². The molecule has 18 heavy (non-hydrogen) atoms. The summed E-state index contributed by atoms with van der Waals surface area (Å²) in [6.45, 7) is 3.40. The van der Waals surface area contributed by atoms with Crippen molar-refractivity contribution in [2.75, 3.05) is 0 Å². The van der Waals surface area contributed by atoms with E-state index in [1.54, 1.807) is 26.0 Å². The SMILES string of the molecule is Cc1cc(-c2nc(C(C)N)no2)ccc1[N+](=O)[O-]. The van der Waals surface area contributed by atoms with Crippen molar-refractivity contribution in [3.05, 3.63) is 39.7 Å². The molecule has 0 bridgehead atoms. The van der Waals surface area contributed by atoms with Crippen molar-refractivity contribution >= 4 is 5.69 Å². The number of nitrogens with zero attached hydrogens (tertiary/aromatic N) is 3. The molecule has 2 N–H and O–H groups in total. The molecule has 2 rings (SSSR count). The first-order chi connectivity index (χ1) is 8.49. The van der Waals surface area contributed by atoms with Crippen LogP contribution in [0.3, 0.4) is 0 Å². The van der Waals surface area contributed by atoms with Crippen LogP contribution in [0.25, 0.3) is 11.5 Å². The molecule has 94 valence electrons. The number of hydrogen-bond acceptors (Lipinski definition) is 6. The van der Waals surface area contributed by atoms with Gasteiger partial charge in [-0.15, -0.1) is 0 Å². The number of aromatic nitrogens is 2. The average Bonchev–Trinajstić information content (AvgIpc) is 2.77. The van der Waals surface area contributed by atoms with Gasteiger partial charge in [-0.1, -0.05) is 5.16 Å². The summed E-state index contributed by atoms with van der Waals surface area (Å²) < 4.78 is 5.06. The fourth-order valence-corrected chi connectivity index (χ4v) is 1.53. The molecular weight excluding hydrogens is 236 g/mol. The molecule has 1 unspecified atom stereocenters. The second kappa shape index (κ2) is 4.53. The fraction of sp³-hybridized carbons (Fsp3) is 0.273. The van der Waals surface area contributed by atoms with E-state index in [2.05, 4.69) is 10.1 Å². The van der Waals surface area contributed by atoms with Crippen LogP contribution >= 0.6 is 0 Å². The van der Waals surface area contributed by atoms with Gasteiger partial charge in [-0.2, -0.15) is 4.98 Å². The van der Waals surface area contributed by atoms with Crippen molar-refractivity contribution in [3.63, 3.8) is 0 Å². The van der Waals surface area contributed by atoms with Gasteiger partial charge in [0.25, 0.3) is 11.6 Å². The molecule has 1 atom stereocenters. The number of rotatable bonds is 3. The molecule has 0 fully saturated rings. The second-order valence-corrected chi connectivity index (χ2v) is 4.00. The first-order valence-corrected chi connectivity index (χ1v) is 5.33. The summed E-state index contributed by atoms with van der Waals surface area (Å²) >= 11 is 0. The third-order valence-electron chi connectivity index (χ3n) is 2.49. The van der Waals surface area contributed by atoms with Gasteiger partial charge in [-0.25, -0.2) is 0 Å². The van der Waals surface area contributed by atoms with Gasteiger partial charge in [-0.05, 0) is 26.0 Å². The van der Waals surface area contributed by atoms with Gasteiger partial charge in [0.2, 0.25) is 0 Å². The normalized spacial score (nSPS) is 12.4. The van der Waals surface area contributed by atoms with Gasteiger partial charge < -0.3 is 10.3 Å². The largest absolute Gasteiger partial charge is 0.334 e. The van der Waals surface area contributed by atoms with Gasteiger partial charge in [-0.3, -0.25) is 10.1 Å². The minimum atomic E-state index is -0.430. The molecule has 0 spiro atoms. The van der Waals surface area contributed by atoms with Gasteiger partial charge in [0, 0.05) is 17.2 Å². The lowest BCUT2D eigenvalue weighted by Crippen LogP contribution is -2.06. The van der Waals surface area contributed by atoms with E-state index in [1.807, 2.05) is 0 Å². The lowest BCUT2D eigenvalue weighted by Gasteiger charge is -1.98. The minimum Gasteiger partial charge on any atom is -0.334 e. The van der Waals surface area contributed by atoms with Crippen molar-refractivity contribution in [3.8, 4) is 11.5 Å². The Morgan fingerprint density at radius 1 is 1.50 bits per heavy atom. The predicted octanol–water partition coefficient (Wildman–Crippen LogP) is 1.97. The van der Waals surface area contributed by atoms with E-state index in [0.29, 0.717) is 22.8 Å². The summed E-state index contributed by atoms with van der Waals surface area (Å²) in [5.74, 6) is 0.710. The van der Waals surface area contributed by atoms with Gasteiger partial charge in [0.15, 0.2) is 5.82 Å². The lowest BCUT2D eigenvalue weighted by molar-refractivity contribution is -0.385. The maximum atomic E-state index is 10.7. The van der Waals surface area contributed by atoms with Crippen LogP contribution in [0.2, 0.25) is 0 Å². The minimum absolute atomic E-state index is 0.0608. The maximum absolute atomic E-state index is 10.7. The maximum Gasteiger partial charge on any atom is 0.272 e. The quantitative estimate of drug-likeness (QED) is 0.657. The number of nitro groups is 1. The molecule has 0 aliphatic carbocycles. The molecule has 0 saturated carbocycles. The van der Waals surface area contributed by atoms with Crippen LogP contribution in [-0.4, -0.2) is 15.1 Å². The molecule has 2 aromatic rings. The number of nitrogens with two attached hydrogens (primary N) is 1. The van der Waals surface area contributed by atoms with Crippen molar-refractivity contribution in [2.24, 2.45) is 5.73 Å². The number of hydrogen-bond donors (Lipinski definition) is 1. The van der Waals surface area contributed by atoms with Crippen LogP contribution in [0.5, 0.6) is 0 Å². The van der Waals surface area contributed by atoms with Gasteiger partial charge in [0.05, 0.1) is 11.0 Å². The van der Waals surface area contributed by atoms with Crippen LogP contribution in [-0.2, 0) is 0 Å². The van der Waals surface area contributed by atoms with E-state index in [1.165, 1.54) is 6.07 Å². The Morgan fingerprint density at radius 3 is 2.72 bits per heavy atom. The van der Waals surface area contributed by atoms with E-state index in [9.17, 15) is 10.1 Å². The zero-order valence-corrected chi connectivity index (χ0v) is 9.95. The Labute approximate surface area is 103 Å². The Morgan fingerprint density at radius 2 is 2.22 bits per heavy atom. The first-order valence-electron chi connectivity index (χ1n) is 5.33. The Balaban J connectivity index is 2.39. The van der Waals surface area contributed by atoms with Crippen LogP contribution in [0, 0.1) is 17.0 Å². The third kappa shape index (κ3) is 2.21. The van der Waals surface area contributed by atoms with Crippen LogP contribution in [0.15, 0.2) is 22.7 Å². The predicted molar refractivity (Wildman–Crippen MR) is 63.7 cm³/mol. The van der Waals surface area contributed by atoms with Crippen molar-refractivity contribution in [2.45, 2.75) is 19.9 Å². The highest BCUT2D eigenvalue weighted by Gasteiger charge is 2.15. The number of aryl methyl sites for hydroxylation is 1. The summed E-state index contributed by atoms with van der Waals surface area (Å²) in [4.78, 5) is 14.4. The van der Waals surface area contributed by atoms with Gasteiger partial charge in [0.1, 0.15) is 0 Å². The van der Waals surface area contributed by atoms with Crippen LogP contribution < -0.4 is 5.73 Å². The average molecular weight is 248 g/mol. The smallest absolute Gasteiger partial charge is 0.272 e. The second-order valence-electron chi connectivity index (χ2n) is 4.00. The molecule has 0 radical (unpaired) electrons. The third-order valence-corrected chi connectivity index (χ3v) is 2.49. The summed E-state index contributed by atoms with van der Waals surface area (Å²) in [6, 6.07) is 4.31. The molecule has 0 aliphatic rings. The number of nitro benzene ring substituents is 1. The zero-order chi connectivity index (χ0) is 13.3. The highest BCUT2D eigenvalue weighted by molar-refractivity contribution is 5.58. The molecule has 7 heteroatoms. The van der Waals surface area contributed by atoms with Crippen LogP contribution in [0.1, 0.15) is 24.4 Å². The van der Waals surface area contributed by atoms with E-state index in [-0.39, 0.29) is 11.7 Å². The molecule has 1 aromatic heterocycles. The summed E-state index contributed by atoms with van der Waals surface area (Å²) in [5, 5.41) is 14.4. The standard InChI is InChI=1S/C11H12N4O3/c1-6-5-8(3-4-9(6)15(16)17)11-13-10(7(2)12)14-18-11/h3-5,7H,12H2,1-2H3. The molecule has 0 amide bonds. The van der Waals surface area contributed by atoms with E-state index in [4.69, 9.17) is 10.3 Å². The summed E-state index contributed by atoms with van der Waals surface area (Å²) in [5.41, 5.74) is 6.86. The van der Waals surface area contributed by atoms with Crippen molar-refractivity contribution in [1.29, 1.82) is 0 Å². The van der Waals surface area contributed by atoms with Gasteiger partial charge >= 0.3 is 0 Å². The monoisotopic (exact) mass is 248 g/mol. The van der Waals surface area contributed by atoms with E-state index in [0.717, 1.165) is 0 Å². The Bertz CT molecular complexity index is 592. The topological polar surface area (TPSA) is 108 Å². The molecular formula is C11H12N4O3.